The lowest BCUT2D eigenvalue weighted by atomic mass is 10.1. The number of nitrogens with zero attached hydrogens (tertiary/aromatic N) is 1. The van der Waals surface area contributed by atoms with E-state index in [1.54, 1.807) is 7.11 Å². The van der Waals surface area contributed by atoms with Gasteiger partial charge in [0.1, 0.15) is 0 Å². The number of aromatic amines is 1. The van der Waals surface area contributed by atoms with Crippen molar-refractivity contribution in [2.45, 2.75) is 19.5 Å². The first kappa shape index (κ1) is 14.0. The van der Waals surface area contributed by atoms with Gasteiger partial charge in [-0.15, -0.1) is 0 Å². The molecule has 1 atom stereocenters. The minimum absolute atomic E-state index is 0.425. The van der Waals surface area contributed by atoms with Crippen LogP contribution in [0.15, 0.2) is 24.4 Å². The van der Waals surface area contributed by atoms with Gasteiger partial charge in [0, 0.05) is 38.2 Å². The number of ether oxygens (including phenoxy) is 1. The van der Waals surface area contributed by atoms with E-state index in [0.29, 0.717) is 6.04 Å². The van der Waals surface area contributed by atoms with E-state index in [2.05, 4.69) is 46.0 Å². The van der Waals surface area contributed by atoms with E-state index in [0.717, 1.165) is 37.1 Å². The second-order valence-corrected chi connectivity index (χ2v) is 4.77. The Morgan fingerprint density at radius 2 is 2.32 bits per heavy atom. The summed E-state index contributed by atoms with van der Waals surface area (Å²) in [6.07, 6.45) is 1.84. The van der Waals surface area contributed by atoms with Crippen LogP contribution < -0.4 is 10.6 Å². The maximum atomic E-state index is 4.99. The van der Waals surface area contributed by atoms with Gasteiger partial charge in [-0.2, -0.15) is 5.10 Å². The van der Waals surface area contributed by atoms with Crippen LogP contribution in [-0.2, 0) is 11.3 Å². The van der Waals surface area contributed by atoms with Gasteiger partial charge in [0.15, 0.2) is 0 Å². The highest BCUT2D eigenvalue weighted by molar-refractivity contribution is 5.78. The number of rotatable bonds is 8. The molecule has 0 amide bonds. The molecule has 0 radical (unpaired) electrons. The molecule has 0 fully saturated rings. The topological polar surface area (TPSA) is 62.0 Å². The second-order valence-electron chi connectivity index (χ2n) is 4.77. The second kappa shape index (κ2) is 7.23. The van der Waals surface area contributed by atoms with Crippen LogP contribution in [0.5, 0.6) is 0 Å². The summed E-state index contributed by atoms with van der Waals surface area (Å²) in [7, 11) is 1.72. The third-order valence-corrected chi connectivity index (χ3v) is 3.09. The fourth-order valence-electron chi connectivity index (χ4n) is 1.95. The van der Waals surface area contributed by atoms with Crippen molar-refractivity contribution in [3.05, 3.63) is 30.0 Å². The zero-order chi connectivity index (χ0) is 13.5. The largest absolute Gasteiger partial charge is 0.383 e. The molecule has 0 aliphatic heterocycles. The minimum atomic E-state index is 0.425. The van der Waals surface area contributed by atoms with Crippen molar-refractivity contribution < 1.29 is 4.74 Å². The number of fused-ring (bicyclic) bond motifs is 1. The van der Waals surface area contributed by atoms with Gasteiger partial charge in [0.2, 0.25) is 0 Å². The number of nitrogens with one attached hydrogen (secondary N) is 3. The predicted octanol–water partition coefficient (Wildman–Crippen LogP) is 1.28. The van der Waals surface area contributed by atoms with Crippen molar-refractivity contribution in [3.8, 4) is 0 Å². The molecule has 0 aliphatic rings. The fourth-order valence-corrected chi connectivity index (χ4v) is 1.95. The Labute approximate surface area is 113 Å². The van der Waals surface area contributed by atoms with Gasteiger partial charge in [0.05, 0.1) is 18.3 Å². The SMILES string of the molecule is COCCNCC(C)NCc1ccc2cn[nH]c2c1. The number of methoxy groups -OCH3 is 1. The van der Waals surface area contributed by atoms with Crippen molar-refractivity contribution >= 4 is 10.9 Å². The quantitative estimate of drug-likeness (QED) is 0.627. The van der Waals surface area contributed by atoms with Gasteiger partial charge in [-0.1, -0.05) is 12.1 Å². The molecule has 0 aliphatic carbocycles. The van der Waals surface area contributed by atoms with Gasteiger partial charge in [-0.05, 0) is 18.6 Å². The summed E-state index contributed by atoms with van der Waals surface area (Å²) in [5.41, 5.74) is 2.35. The normalized spacial score (nSPS) is 12.9. The van der Waals surface area contributed by atoms with Gasteiger partial charge < -0.3 is 15.4 Å². The van der Waals surface area contributed by atoms with E-state index in [-0.39, 0.29) is 0 Å². The van der Waals surface area contributed by atoms with Crippen LogP contribution >= 0.6 is 0 Å². The highest BCUT2D eigenvalue weighted by Crippen LogP contribution is 2.12. The smallest absolute Gasteiger partial charge is 0.0653 e. The molecule has 19 heavy (non-hydrogen) atoms. The third kappa shape index (κ3) is 4.31. The van der Waals surface area contributed by atoms with Crippen molar-refractivity contribution in [2.24, 2.45) is 0 Å². The molecule has 2 aromatic rings. The van der Waals surface area contributed by atoms with Crippen molar-refractivity contribution in [2.75, 3.05) is 26.8 Å². The minimum Gasteiger partial charge on any atom is -0.383 e. The van der Waals surface area contributed by atoms with Crippen LogP contribution in [0, 0.1) is 0 Å². The molecule has 0 spiro atoms. The molecule has 3 N–H and O–H groups in total. The van der Waals surface area contributed by atoms with Gasteiger partial charge in [-0.3, -0.25) is 5.10 Å². The highest BCUT2D eigenvalue weighted by atomic mass is 16.5. The summed E-state index contributed by atoms with van der Waals surface area (Å²) >= 11 is 0. The molecule has 1 heterocycles. The zero-order valence-corrected chi connectivity index (χ0v) is 11.6. The summed E-state index contributed by atoms with van der Waals surface area (Å²) in [5.74, 6) is 0. The molecule has 0 saturated carbocycles. The van der Waals surface area contributed by atoms with E-state index < -0.39 is 0 Å². The number of benzene rings is 1. The lowest BCUT2D eigenvalue weighted by Crippen LogP contribution is -2.37. The standard InChI is InChI=1S/C14H22N4O/c1-11(8-15-5-6-19-2)16-9-12-3-4-13-10-17-18-14(13)7-12/h3-4,7,10-11,15-16H,5-6,8-9H2,1-2H3,(H,17,18). The zero-order valence-electron chi connectivity index (χ0n) is 11.6. The molecule has 104 valence electrons. The summed E-state index contributed by atoms with van der Waals surface area (Å²) in [5, 5.41) is 15.0. The van der Waals surface area contributed by atoms with Gasteiger partial charge in [-0.25, -0.2) is 0 Å². The molecular weight excluding hydrogens is 240 g/mol. The monoisotopic (exact) mass is 262 g/mol. The Balaban J connectivity index is 1.74. The Morgan fingerprint density at radius 3 is 3.16 bits per heavy atom. The first-order chi connectivity index (χ1) is 9.29. The summed E-state index contributed by atoms with van der Waals surface area (Å²) in [4.78, 5) is 0. The molecule has 1 unspecified atom stereocenters. The molecule has 1 aromatic carbocycles. The van der Waals surface area contributed by atoms with E-state index in [1.165, 1.54) is 5.56 Å². The third-order valence-electron chi connectivity index (χ3n) is 3.09. The summed E-state index contributed by atoms with van der Waals surface area (Å²) in [6, 6.07) is 6.79. The van der Waals surface area contributed by atoms with Gasteiger partial charge >= 0.3 is 0 Å². The molecule has 5 heteroatoms. The lowest BCUT2D eigenvalue weighted by Gasteiger charge is -2.14. The van der Waals surface area contributed by atoms with Gasteiger partial charge in [0.25, 0.3) is 0 Å². The van der Waals surface area contributed by atoms with Crippen LogP contribution in [0.25, 0.3) is 10.9 Å². The molecule has 5 nitrogen and oxygen atoms in total. The lowest BCUT2D eigenvalue weighted by molar-refractivity contribution is 0.198. The van der Waals surface area contributed by atoms with Crippen LogP contribution in [0.3, 0.4) is 0 Å². The Bertz CT molecular complexity index is 497. The van der Waals surface area contributed by atoms with Crippen molar-refractivity contribution in [1.29, 1.82) is 0 Å². The highest BCUT2D eigenvalue weighted by Gasteiger charge is 2.02. The summed E-state index contributed by atoms with van der Waals surface area (Å²) < 4.78 is 4.99. The maximum absolute atomic E-state index is 4.99. The van der Waals surface area contributed by atoms with Crippen molar-refractivity contribution in [3.63, 3.8) is 0 Å². The predicted molar refractivity (Wildman–Crippen MR) is 77.1 cm³/mol. The van der Waals surface area contributed by atoms with Crippen LogP contribution in [-0.4, -0.2) is 43.0 Å². The number of hydrogen-bond donors (Lipinski definition) is 3. The Kier molecular flexibility index (Phi) is 5.32. The fraction of sp³-hybridized carbons (Fsp3) is 0.500. The molecular formula is C14H22N4O. The molecule has 1 aromatic heterocycles. The van der Waals surface area contributed by atoms with Crippen molar-refractivity contribution in [1.82, 2.24) is 20.8 Å². The average molecular weight is 262 g/mol. The van der Waals surface area contributed by atoms with Crippen LogP contribution in [0.2, 0.25) is 0 Å². The molecule has 0 bridgehead atoms. The average Bonchev–Trinajstić information content (AvgIpc) is 2.89. The van der Waals surface area contributed by atoms with E-state index >= 15 is 0 Å². The number of hydrogen-bond acceptors (Lipinski definition) is 4. The van der Waals surface area contributed by atoms with E-state index in [1.807, 2.05) is 6.20 Å². The molecule has 2 rings (SSSR count). The van der Waals surface area contributed by atoms with E-state index in [9.17, 15) is 0 Å². The number of aromatic nitrogens is 2. The maximum Gasteiger partial charge on any atom is 0.0653 e. The summed E-state index contributed by atoms with van der Waals surface area (Å²) in [6.45, 7) is 5.62. The Hall–Kier alpha value is -1.43. The van der Waals surface area contributed by atoms with E-state index in [4.69, 9.17) is 4.74 Å². The molecule has 0 saturated heterocycles. The van der Waals surface area contributed by atoms with Crippen LogP contribution in [0.4, 0.5) is 0 Å². The van der Waals surface area contributed by atoms with Crippen LogP contribution in [0.1, 0.15) is 12.5 Å². The first-order valence-electron chi connectivity index (χ1n) is 6.64. The Morgan fingerprint density at radius 1 is 1.42 bits per heavy atom. The number of H-pyrrole nitrogens is 1. The first-order valence-corrected chi connectivity index (χ1v) is 6.64.